The second kappa shape index (κ2) is 11.4. The lowest BCUT2D eigenvalue weighted by Gasteiger charge is -2.37. The number of H-pyrrole nitrogens is 2. The van der Waals surface area contributed by atoms with E-state index in [4.69, 9.17) is 21.3 Å². The fourth-order valence-corrected chi connectivity index (χ4v) is 5.21. The number of hydrogen-bond acceptors (Lipinski definition) is 7. The molecule has 1 aliphatic heterocycles. The van der Waals surface area contributed by atoms with Crippen molar-refractivity contribution < 1.29 is 4.74 Å². The van der Waals surface area contributed by atoms with Crippen LogP contribution in [-0.4, -0.2) is 70.5 Å². The second-order valence-electron chi connectivity index (χ2n) is 10.1. The lowest BCUT2D eigenvalue weighted by molar-refractivity contribution is 0.324. The molecule has 4 heterocycles. The third-order valence-electron chi connectivity index (χ3n) is 7.22. The standard InChI is InChI=1S/C29H32ClN9O/c1-19-15-22-23(34-19)5-6-25(29(22)30)40-18-33-28(39-13-11-38(12-14-39)21-7-9-32-10-8-21)17-26(31-2)35-27-16-24(36-37-27)20-3-4-20/h5-10,15-17,20,34H,2-4,11-14,18H2,1H3,(H2,35,36,37)/b26-17+,33-28+. The molecule has 0 atom stereocenters. The zero-order chi connectivity index (χ0) is 27.5. The van der Waals surface area contributed by atoms with Crippen molar-refractivity contribution in [2.24, 2.45) is 9.98 Å². The SMILES string of the molecule is C=N/C(=C\C(=N/COc1ccc2[nH]c(C)cc2c1Cl)N1CCN(c2ccncc2)CC1)Nc1cc(C2CC2)[nH]n1. The van der Waals surface area contributed by atoms with Gasteiger partial charge < -0.3 is 24.8 Å². The third-order valence-corrected chi connectivity index (χ3v) is 7.61. The molecule has 4 aromatic rings. The summed E-state index contributed by atoms with van der Waals surface area (Å²) >= 11 is 6.65. The number of benzene rings is 1. The Morgan fingerprint density at radius 3 is 2.73 bits per heavy atom. The molecule has 1 aliphatic carbocycles. The van der Waals surface area contributed by atoms with E-state index in [9.17, 15) is 0 Å². The molecule has 0 unspecified atom stereocenters. The molecule has 0 amide bonds. The number of amidine groups is 1. The van der Waals surface area contributed by atoms with Gasteiger partial charge in [0.05, 0.1) is 5.02 Å². The minimum absolute atomic E-state index is 0.101. The molecule has 11 heteroatoms. The Balaban J connectivity index is 1.21. The predicted octanol–water partition coefficient (Wildman–Crippen LogP) is 5.34. The second-order valence-corrected chi connectivity index (χ2v) is 10.4. The Morgan fingerprint density at radius 2 is 1.98 bits per heavy atom. The number of halogens is 1. The van der Waals surface area contributed by atoms with Crippen LogP contribution in [0.15, 0.2) is 70.7 Å². The topological polar surface area (TPSA) is 110 Å². The molecule has 1 saturated heterocycles. The van der Waals surface area contributed by atoms with Crippen LogP contribution < -0.4 is 15.0 Å². The van der Waals surface area contributed by atoms with Crippen LogP contribution in [0.2, 0.25) is 5.02 Å². The van der Waals surface area contributed by atoms with Gasteiger partial charge in [-0.05, 0) is 56.8 Å². The van der Waals surface area contributed by atoms with Crippen molar-refractivity contribution >= 4 is 46.6 Å². The van der Waals surface area contributed by atoms with Crippen LogP contribution in [0.4, 0.5) is 11.5 Å². The average molecular weight is 558 g/mol. The summed E-state index contributed by atoms with van der Waals surface area (Å²) in [5.41, 5.74) is 4.33. The van der Waals surface area contributed by atoms with Gasteiger partial charge in [-0.15, -0.1) is 0 Å². The predicted molar refractivity (Wildman–Crippen MR) is 161 cm³/mol. The summed E-state index contributed by atoms with van der Waals surface area (Å²) in [4.78, 5) is 21.1. The smallest absolute Gasteiger partial charge is 0.181 e. The first-order valence-electron chi connectivity index (χ1n) is 13.4. The van der Waals surface area contributed by atoms with Crippen molar-refractivity contribution in [1.82, 2.24) is 25.1 Å². The molecule has 10 nitrogen and oxygen atoms in total. The van der Waals surface area contributed by atoms with Gasteiger partial charge in [0.2, 0.25) is 0 Å². The number of aromatic nitrogens is 4. The molecule has 206 valence electrons. The van der Waals surface area contributed by atoms with E-state index in [1.807, 2.05) is 61.8 Å². The largest absolute Gasteiger partial charge is 0.470 e. The van der Waals surface area contributed by atoms with Crippen molar-refractivity contribution in [3.8, 4) is 5.75 Å². The van der Waals surface area contributed by atoms with Crippen LogP contribution in [0, 0.1) is 6.92 Å². The summed E-state index contributed by atoms with van der Waals surface area (Å²) in [6.07, 6.45) is 7.94. The van der Waals surface area contributed by atoms with Crippen LogP contribution >= 0.6 is 11.6 Å². The first-order valence-corrected chi connectivity index (χ1v) is 13.8. The van der Waals surface area contributed by atoms with E-state index in [2.05, 4.69) is 47.0 Å². The third kappa shape index (κ3) is 5.81. The molecule has 6 rings (SSSR count). The van der Waals surface area contributed by atoms with Crippen LogP contribution in [0.25, 0.3) is 10.9 Å². The number of ether oxygens (including phenoxy) is 1. The van der Waals surface area contributed by atoms with Crippen LogP contribution in [0.5, 0.6) is 5.75 Å². The minimum atomic E-state index is 0.101. The van der Waals surface area contributed by atoms with Crippen LogP contribution in [-0.2, 0) is 0 Å². The molecule has 3 aromatic heterocycles. The van der Waals surface area contributed by atoms with Crippen molar-refractivity contribution in [3.63, 3.8) is 0 Å². The highest BCUT2D eigenvalue weighted by atomic mass is 35.5. The highest BCUT2D eigenvalue weighted by Crippen LogP contribution is 2.39. The van der Waals surface area contributed by atoms with E-state index in [0.29, 0.717) is 28.3 Å². The molecule has 0 radical (unpaired) electrons. The maximum Gasteiger partial charge on any atom is 0.181 e. The normalized spacial score (nSPS) is 16.4. The van der Waals surface area contributed by atoms with Crippen molar-refractivity contribution in [2.45, 2.75) is 25.7 Å². The van der Waals surface area contributed by atoms with E-state index in [0.717, 1.165) is 60.0 Å². The summed E-state index contributed by atoms with van der Waals surface area (Å²) in [5.74, 6) is 3.19. The van der Waals surface area contributed by atoms with Gasteiger partial charge in [-0.3, -0.25) is 10.1 Å². The van der Waals surface area contributed by atoms with E-state index in [1.165, 1.54) is 12.8 Å². The molecule has 3 N–H and O–H groups in total. The number of hydrogen-bond donors (Lipinski definition) is 3. The van der Waals surface area contributed by atoms with Gasteiger partial charge in [-0.1, -0.05) is 11.6 Å². The number of aryl methyl sites for hydroxylation is 1. The van der Waals surface area contributed by atoms with Gasteiger partial charge in [0, 0.05) is 84.6 Å². The zero-order valence-electron chi connectivity index (χ0n) is 22.4. The van der Waals surface area contributed by atoms with Crippen molar-refractivity contribution in [3.05, 3.63) is 77.1 Å². The Kier molecular flexibility index (Phi) is 7.41. The number of aliphatic imine (C=N–C) groups is 2. The molecule has 1 aromatic carbocycles. The maximum absolute atomic E-state index is 6.65. The number of nitrogens with one attached hydrogen (secondary N) is 3. The van der Waals surface area contributed by atoms with Crippen LogP contribution in [0.3, 0.4) is 0 Å². The summed E-state index contributed by atoms with van der Waals surface area (Å²) in [5, 5.41) is 12.3. The number of aromatic amines is 2. The quantitative estimate of drug-likeness (QED) is 0.189. The van der Waals surface area contributed by atoms with E-state index in [1.54, 1.807) is 0 Å². The first kappa shape index (κ1) is 25.9. The monoisotopic (exact) mass is 557 g/mol. The number of nitrogens with zero attached hydrogens (tertiary/aromatic N) is 6. The maximum atomic E-state index is 6.65. The summed E-state index contributed by atoms with van der Waals surface area (Å²) in [6.45, 7) is 9.14. The Labute approximate surface area is 237 Å². The molecule has 0 bridgehead atoms. The lowest BCUT2D eigenvalue weighted by Crippen LogP contribution is -2.48. The molecule has 1 saturated carbocycles. The minimum Gasteiger partial charge on any atom is -0.470 e. The fraction of sp³-hybridized carbons (Fsp3) is 0.310. The molecule has 40 heavy (non-hydrogen) atoms. The van der Waals surface area contributed by atoms with Gasteiger partial charge in [-0.2, -0.15) is 5.10 Å². The van der Waals surface area contributed by atoms with Gasteiger partial charge >= 0.3 is 0 Å². The Bertz CT molecular complexity index is 1550. The summed E-state index contributed by atoms with van der Waals surface area (Å²) < 4.78 is 6.05. The van der Waals surface area contributed by atoms with Crippen LogP contribution in [0.1, 0.15) is 30.1 Å². The first-order chi connectivity index (χ1) is 19.6. The highest BCUT2D eigenvalue weighted by molar-refractivity contribution is 6.37. The summed E-state index contributed by atoms with van der Waals surface area (Å²) in [7, 11) is 0. The van der Waals surface area contributed by atoms with E-state index < -0.39 is 0 Å². The molecular formula is C29H32ClN9O. The van der Waals surface area contributed by atoms with Gasteiger partial charge in [0.1, 0.15) is 17.4 Å². The van der Waals surface area contributed by atoms with E-state index in [-0.39, 0.29) is 6.73 Å². The average Bonchev–Trinajstić information content (AvgIpc) is 3.60. The number of piperazine rings is 1. The fourth-order valence-electron chi connectivity index (χ4n) is 4.93. The van der Waals surface area contributed by atoms with Gasteiger partial charge in [-0.25, -0.2) is 9.98 Å². The number of anilines is 2. The number of pyridine rings is 1. The van der Waals surface area contributed by atoms with Gasteiger partial charge in [0.25, 0.3) is 0 Å². The molecule has 0 spiro atoms. The molecule has 2 fully saturated rings. The molecule has 2 aliphatic rings. The number of rotatable bonds is 9. The Hall–Kier alpha value is -4.31. The van der Waals surface area contributed by atoms with Crippen molar-refractivity contribution in [1.29, 1.82) is 0 Å². The Morgan fingerprint density at radius 1 is 1.18 bits per heavy atom. The summed E-state index contributed by atoms with van der Waals surface area (Å²) in [6, 6.07) is 12.0. The zero-order valence-corrected chi connectivity index (χ0v) is 23.2. The highest BCUT2D eigenvalue weighted by Gasteiger charge is 2.26. The van der Waals surface area contributed by atoms with Crippen molar-refractivity contribution in [2.75, 3.05) is 43.1 Å². The van der Waals surface area contributed by atoms with Gasteiger partial charge in [0.15, 0.2) is 12.5 Å². The van der Waals surface area contributed by atoms with E-state index >= 15 is 0 Å². The molecular weight excluding hydrogens is 526 g/mol. The number of fused-ring (bicyclic) bond motifs is 1. The lowest BCUT2D eigenvalue weighted by atomic mass is 10.2.